The van der Waals surface area contributed by atoms with Gasteiger partial charge in [0.25, 0.3) is 0 Å². The summed E-state index contributed by atoms with van der Waals surface area (Å²) in [6.07, 6.45) is -0.934. The van der Waals surface area contributed by atoms with Crippen molar-refractivity contribution in [3.63, 3.8) is 0 Å². The van der Waals surface area contributed by atoms with Gasteiger partial charge in [-0.15, -0.1) is 0 Å². The van der Waals surface area contributed by atoms with Crippen LogP contribution in [0, 0.1) is 11.6 Å². The largest absolute Gasteiger partial charge is 0.389 e. The molecular weight excluding hydrogens is 272 g/mol. The van der Waals surface area contributed by atoms with Gasteiger partial charge >= 0.3 is 0 Å². The van der Waals surface area contributed by atoms with Crippen molar-refractivity contribution in [2.45, 2.75) is 26.0 Å². The molecule has 0 saturated heterocycles. The zero-order valence-corrected chi connectivity index (χ0v) is 12.3. The first-order valence-corrected chi connectivity index (χ1v) is 6.87. The Morgan fingerprint density at radius 2 is 1.57 bits per heavy atom. The molecule has 0 aliphatic carbocycles. The molecule has 2 atom stereocenters. The molecule has 21 heavy (non-hydrogen) atoms. The third-order valence-electron chi connectivity index (χ3n) is 3.76. The Kier molecular flexibility index (Phi) is 4.58. The Morgan fingerprint density at radius 3 is 2.19 bits per heavy atom. The second-order valence-corrected chi connectivity index (χ2v) is 5.16. The van der Waals surface area contributed by atoms with Crippen molar-refractivity contribution >= 4 is 5.69 Å². The fraction of sp³-hybridized carbons (Fsp3) is 0.294. The monoisotopic (exact) mass is 291 g/mol. The van der Waals surface area contributed by atoms with E-state index in [4.69, 9.17) is 0 Å². The number of halogens is 2. The maximum atomic E-state index is 13.9. The van der Waals surface area contributed by atoms with E-state index in [9.17, 15) is 13.9 Å². The fourth-order valence-corrected chi connectivity index (χ4v) is 2.48. The minimum Gasteiger partial charge on any atom is -0.389 e. The van der Waals surface area contributed by atoms with Gasteiger partial charge in [-0.1, -0.05) is 24.3 Å². The third-order valence-corrected chi connectivity index (χ3v) is 3.76. The van der Waals surface area contributed by atoms with Crippen LogP contribution in [0.2, 0.25) is 0 Å². The van der Waals surface area contributed by atoms with E-state index >= 15 is 0 Å². The Bertz CT molecular complexity index is 628. The Morgan fingerprint density at radius 1 is 0.952 bits per heavy atom. The van der Waals surface area contributed by atoms with Gasteiger partial charge in [0.1, 0.15) is 11.6 Å². The minimum atomic E-state index is -0.934. The molecule has 2 rings (SSSR count). The molecule has 0 bridgehead atoms. The van der Waals surface area contributed by atoms with Crippen LogP contribution in [0.4, 0.5) is 14.5 Å². The number of nitrogens with zero attached hydrogens (tertiary/aromatic N) is 1. The zero-order chi connectivity index (χ0) is 15.6. The summed E-state index contributed by atoms with van der Waals surface area (Å²) in [4.78, 5) is 1.77. The summed E-state index contributed by atoms with van der Waals surface area (Å²) in [6, 6.07) is 10.8. The van der Waals surface area contributed by atoms with Crippen LogP contribution < -0.4 is 4.90 Å². The number of benzene rings is 2. The van der Waals surface area contributed by atoms with Crippen LogP contribution in [0.3, 0.4) is 0 Å². The number of aliphatic hydroxyl groups excluding tert-OH is 1. The van der Waals surface area contributed by atoms with Crippen LogP contribution in [0.1, 0.15) is 37.1 Å². The maximum Gasteiger partial charge on any atom is 0.131 e. The molecular formula is C17H19F2NO. The molecule has 1 unspecified atom stereocenters. The standard InChI is InChI=1S/C17H19F2NO/c1-11(13-7-4-5-8-14(13)18)20(3)16-10-6-9-15(19)17(16)12(2)21/h4-12,21H,1-3H3/t11?,12-/m0/s1. The SMILES string of the molecule is CC(c1ccccc1F)N(C)c1cccc(F)c1[C@H](C)O. The van der Waals surface area contributed by atoms with Crippen molar-refractivity contribution in [2.75, 3.05) is 11.9 Å². The summed E-state index contributed by atoms with van der Waals surface area (Å²) < 4.78 is 27.8. The van der Waals surface area contributed by atoms with Gasteiger partial charge in [-0.05, 0) is 32.0 Å². The molecule has 0 radical (unpaired) electrons. The maximum absolute atomic E-state index is 13.9. The molecule has 2 aromatic carbocycles. The topological polar surface area (TPSA) is 23.5 Å². The lowest BCUT2D eigenvalue weighted by Crippen LogP contribution is -2.24. The zero-order valence-electron chi connectivity index (χ0n) is 12.3. The number of hydrogen-bond donors (Lipinski definition) is 1. The van der Waals surface area contributed by atoms with Gasteiger partial charge in [-0.2, -0.15) is 0 Å². The summed E-state index contributed by atoms with van der Waals surface area (Å²) in [5.41, 5.74) is 1.31. The average molecular weight is 291 g/mol. The van der Waals surface area contributed by atoms with E-state index in [2.05, 4.69) is 0 Å². The first-order valence-electron chi connectivity index (χ1n) is 6.87. The van der Waals surface area contributed by atoms with E-state index in [0.717, 1.165) is 0 Å². The van der Waals surface area contributed by atoms with Crippen LogP contribution in [0.5, 0.6) is 0 Å². The molecule has 0 heterocycles. The van der Waals surface area contributed by atoms with Crippen LogP contribution in [0.25, 0.3) is 0 Å². The highest BCUT2D eigenvalue weighted by Gasteiger charge is 2.21. The van der Waals surface area contributed by atoms with E-state index < -0.39 is 11.9 Å². The predicted molar refractivity (Wildman–Crippen MR) is 80.3 cm³/mol. The summed E-state index contributed by atoms with van der Waals surface area (Å²) in [7, 11) is 1.76. The molecule has 112 valence electrons. The number of aliphatic hydroxyl groups is 1. The normalized spacial score (nSPS) is 13.8. The van der Waals surface area contributed by atoms with E-state index in [1.807, 2.05) is 6.92 Å². The van der Waals surface area contributed by atoms with Crippen LogP contribution in [-0.2, 0) is 0 Å². The summed E-state index contributed by atoms with van der Waals surface area (Å²) >= 11 is 0. The fourth-order valence-electron chi connectivity index (χ4n) is 2.48. The van der Waals surface area contributed by atoms with Gasteiger partial charge in [0.2, 0.25) is 0 Å². The molecule has 0 aromatic heterocycles. The molecule has 0 amide bonds. The summed E-state index contributed by atoms with van der Waals surface area (Å²) in [5, 5.41) is 9.80. The van der Waals surface area contributed by atoms with E-state index in [1.54, 1.807) is 42.3 Å². The van der Waals surface area contributed by atoms with Crippen molar-refractivity contribution in [1.82, 2.24) is 0 Å². The molecule has 2 nitrogen and oxygen atoms in total. The van der Waals surface area contributed by atoms with E-state index in [0.29, 0.717) is 11.3 Å². The number of anilines is 1. The molecule has 4 heteroatoms. The van der Waals surface area contributed by atoms with Crippen molar-refractivity contribution in [2.24, 2.45) is 0 Å². The highest BCUT2D eigenvalue weighted by molar-refractivity contribution is 5.56. The average Bonchev–Trinajstić information content (AvgIpc) is 2.45. The molecule has 0 aliphatic rings. The van der Waals surface area contributed by atoms with Crippen molar-refractivity contribution < 1.29 is 13.9 Å². The van der Waals surface area contributed by atoms with Crippen molar-refractivity contribution in [3.8, 4) is 0 Å². The summed E-state index contributed by atoms with van der Waals surface area (Å²) in [5.74, 6) is -0.762. The quantitative estimate of drug-likeness (QED) is 0.912. The molecule has 2 aromatic rings. The van der Waals surface area contributed by atoms with Crippen molar-refractivity contribution in [3.05, 3.63) is 65.2 Å². The van der Waals surface area contributed by atoms with Gasteiger partial charge in [-0.3, -0.25) is 0 Å². The Labute approximate surface area is 123 Å². The second kappa shape index (κ2) is 6.22. The first-order chi connectivity index (χ1) is 9.93. The van der Waals surface area contributed by atoms with Gasteiger partial charge in [0, 0.05) is 23.9 Å². The highest BCUT2D eigenvalue weighted by Crippen LogP contribution is 2.33. The van der Waals surface area contributed by atoms with E-state index in [1.165, 1.54) is 19.1 Å². The molecule has 0 saturated carbocycles. The Balaban J connectivity index is 2.43. The second-order valence-electron chi connectivity index (χ2n) is 5.16. The van der Waals surface area contributed by atoms with Gasteiger partial charge in [0.15, 0.2) is 0 Å². The van der Waals surface area contributed by atoms with E-state index in [-0.39, 0.29) is 17.4 Å². The molecule has 1 N–H and O–H groups in total. The lowest BCUT2D eigenvalue weighted by atomic mass is 10.0. The minimum absolute atomic E-state index is 0.225. The first kappa shape index (κ1) is 15.4. The molecule has 0 fully saturated rings. The smallest absolute Gasteiger partial charge is 0.131 e. The predicted octanol–water partition coefficient (Wildman–Crippen LogP) is 4.22. The summed E-state index contributed by atoms with van der Waals surface area (Å²) in [6.45, 7) is 3.36. The number of hydrogen-bond acceptors (Lipinski definition) is 2. The lowest BCUT2D eigenvalue weighted by molar-refractivity contribution is 0.194. The highest BCUT2D eigenvalue weighted by atomic mass is 19.1. The third kappa shape index (κ3) is 3.05. The van der Waals surface area contributed by atoms with Gasteiger partial charge in [0.05, 0.1) is 12.1 Å². The Hall–Kier alpha value is -1.94. The van der Waals surface area contributed by atoms with Crippen LogP contribution in [0.15, 0.2) is 42.5 Å². The van der Waals surface area contributed by atoms with Crippen LogP contribution >= 0.6 is 0 Å². The van der Waals surface area contributed by atoms with Crippen LogP contribution in [-0.4, -0.2) is 12.2 Å². The van der Waals surface area contributed by atoms with Crippen molar-refractivity contribution in [1.29, 1.82) is 0 Å². The van der Waals surface area contributed by atoms with Gasteiger partial charge in [-0.25, -0.2) is 8.78 Å². The number of rotatable bonds is 4. The molecule has 0 spiro atoms. The van der Waals surface area contributed by atoms with Gasteiger partial charge < -0.3 is 10.0 Å². The molecule has 0 aliphatic heterocycles. The lowest BCUT2D eigenvalue weighted by Gasteiger charge is -2.30.